The van der Waals surface area contributed by atoms with E-state index in [4.69, 9.17) is 4.74 Å². The maximum atomic E-state index is 12.4. The number of methoxy groups -OCH3 is 1. The smallest absolute Gasteiger partial charge is 0.319 e. The fourth-order valence-corrected chi connectivity index (χ4v) is 3.97. The third kappa shape index (κ3) is 6.66. The number of carbonyl (C=O) groups is 2. The molecule has 0 aliphatic heterocycles. The van der Waals surface area contributed by atoms with Crippen molar-refractivity contribution >= 4 is 33.5 Å². The normalized spacial score (nSPS) is 13.4. The number of amides is 3. The molecule has 1 heterocycles. The molecule has 166 valence electrons. The van der Waals surface area contributed by atoms with Gasteiger partial charge in [-0.1, -0.05) is 6.07 Å². The number of carbonyl (C=O) groups excluding carboxylic acids is 2. The summed E-state index contributed by atoms with van der Waals surface area (Å²) in [6.07, 6.45) is 3.32. The summed E-state index contributed by atoms with van der Waals surface area (Å²) in [5.41, 5.74) is 1.18. The van der Waals surface area contributed by atoms with Crippen molar-refractivity contribution in [3.8, 4) is 5.75 Å². The van der Waals surface area contributed by atoms with Crippen molar-refractivity contribution in [2.75, 3.05) is 24.3 Å². The Hall–Kier alpha value is -3.18. The second kappa shape index (κ2) is 9.75. The van der Waals surface area contributed by atoms with Gasteiger partial charge in [-0.2, -0.15) is 0 Å². The van der Waals surface area contributed by atoms with Crippen molar-refractivity contribution in [3.63, 3.8) is 0 Å². The number of nitrogens with zero attached hydrogens (tertiary/aromatic N) is 1. The summed E-state index contributed by atoms with van der Waals surface area (Å²) in [4.78, 5) is 28.3. The number of hydrogen-bond donors (Lipinski definition) is 4. The first-order chi connectivity index (χ1) is 14.8. The number of nitrogens with one attached hydrogen (secondary N) is 4. The summed E-state index contributed by atoms with van der Waals surface area (Å²) in [5.74, 6) is 0.444. The Morgan fingerprint density at radius 3 is 2.58 bits per heavy atom. The van der Waals surface area contributed by atoms with Crippen molar-refractivity contribution in [3.05, 3.63) is 42.1 Å². The predicted molar refractivity (Wildman–Crippen MR) is 116 cm³/mol. The Morgan fingerprint density at radius 1 is 1.16 bits per heavy atom. The van der Waals surface area contributed by atoms with E-state index < -0.39 is 16.1 Å². The van der Waals surface area contributed by atoms with E-state index in [9.17, 15) is 18.0 Å². The van der Waals surface area contributed by atoms with Crippen molar-refractivity contribution < 1.29 is 22.7 Å². The van der Waals surface area contributed by atoms with Gasteiger partial charge in [-0.15, -0.1) is 0 Å². The molecule has 0 bridgehead atoms. The SMILES string of the molecule is COc1ccc(S(=O)(=O)NC2CC2)cc1NC(=O)NCCC(=O)Nc1ccc(C)cn1. The molecule has 1 aliphatic rings. The van der Waals surface area contributed by atoms with E-state index in [1.54, 1.807) is 12.3 Å². The number of aromatic nitrogens is 1. The van der Waals surface area contributed by atoms with Gasteiger partial charge in [-0.3, -0.25) is 4.79 Å². The van der Waals surface area contributed by atoms with Gasteiger partial charge in [-0.25, -0.2) is 22.9 Å². The third-order valence-electron chi connectivity index (χ3n) is 4.45. The van der Waals surface area contributed by atoms with Crippen LogP contribution in [0.3, 0.4) is 0 Å². The van der Waals surface area contributed by atoms with Gasteiger partial charge >= 0.3 is 6.03 Å². The second-order valence-corrected chi connectivity index (χ2v) is 8.87. The lowest BCUT2D eigenvalue weighted by Gasteiger charge is -2.13. The third-order valence-corrected chi connectivity index (χ3v) is 5.96. The number of rotatable bonds is 9. The molecule has 0 atom stereocenters. The quantitative estimate of drug-likeness (QED) is 0.464. The number of pyridine rings is 1. The number of sulfonamides is 1. The van der Waals surface area contributed by atoms with E-state index in [1.165, 1.54) is 25.3 Å². The van der Waals surface area contributed by atoms with Crippen LogP contribution in [0.4, 0.5) is 16.3 Å². The van der Waals surface area contributed by atoms with Gasteiger partial charge in [0.05, 0.1) is 17.7 Å². The number of anilines is 2. The molecule has 11 heteroatoms. The molecule has 0 saturated heterocycles. The van der Waals surface area contributed by atoms with Crippen molar-refractivity contribution in [1.82, 2.24) is 15.0 Å². The number of urea groups is 1. The summed E-state index contributed by atoms with van der Waals surface area (Å²) < 4.78 is 32.6. The first-order valence-electron chi connectivity index (χ1n) is 9.74. The Morgan fingerprint density at radius 2 is 1.94 bits per heavy atom. The summed E-state index contributed by atoms with van der Waals surface area (Å²) in [6, 6.07) is 7.11. The highest BCUT2D eigenvalue weighted by Crippen LogP contribution is 2.29. The Bertz CT molecular complexity index is 1050. The van der Waals surface area contributed by atoms with Crippen LogP contribution in [-0.2, 0) is 14.8 Å². The zero-order valence-electron chi connectivity index (χ0n) is 17.3. The molecule has 1 aliphatic carbocycles. The van der Waals surface area contributed by atoms with Gasteiger partial charge in [0.1, 0.15) is 11.6 Å². The summed E-state index contributed by atoms with van der Waals surface area (Å²) in [6.45, 7) is 1.97. The molecule has 0 spiro atoms. The van der Waals surface area contributed by atoms with Crippen LogP contribution in [-0.4, -0.2) is 45.0 Å². The number of aryl methyl sites for hydroxylation is 1. The van der Waals surface area contributed by atoms with Gasteiger partial charge in [0, 0.05) is 25.2 Å². The summed E-state index contributed by atoms with van der Waals surface area (Å²) >= 11 is 0. The van der Waals surface area contributed by atoms with E-state index in [2.05, 4.69) is 25.7 Å². The standard InChI is InChI=1S/C20H25N5O5S/c1-13-3-8-18(22-12-13)24-19(26)9-10-21-20(27)23-16-11-15(6-7-17(16)30-2)31(28,29)25-14-4-5-14/h3,6-8,11-12,14,25H,4-5,9-10H2,1-2H3,(H2,21,23,27)(H,22,24,26). The fourth-order valence-electron chi connectivity index (χ4n) is 2.64. The van der Waals surface area contributed by atoms with Crippen LogP contribution in [0.1, 0.15) is 24.8 Å². The highest BCUT2D eigenvalue weighted by molar-refractivity contribution is 7.89. The summed E-state index contributed by atoms with van der Waals surface area (Å²) in [5, 5.41) is 7.76. The van der Waals surface area contributed by atoms with Gasteiger partial charge in [0.25, 0.3) is 0 Å². The Labute approximate surface area is 180 Å². The number of hydrogen-bond acceptors (Lipinski definition) is 6. The first kappa shape index (κ1) is 22.5. The largest absolute Gasteiger partial charge is 0.495 e. The molecule has 3 amide bonds. The molecule has 31 heavy (non-hydrogen) atoms. The van der Waals surface area contributed by atoms with Crippen molar-refractivity contribution in [2.45, 2.75) is 37.1 Å². The first-order valence-corrected chi connectivity index (χ1v) is 11.2. The van der Waals surface area contributed by atoms with Gasteiger partial charge in [0.15, 0.2) is 0 Å². The lowest BCUT2D eigenvalue weighted by atomic mass is 10.3. The highest BCUT2D eigenvalue weighted by atomic mass is 32.2. The molecule has 1 aromatic heterocycles. The van der Waals surface area contributed by atoms with Crippen molar-refractivity contribution in [2.24, 2.45) is 0 Å². The zero-order chi connectivity index (χ0) is 22.4. The maximum absolute atomic E-state index is 12.4. The van der Waals surface area contributed by atoms with Gasteiger partial charge in [0.2, 0.25) is 15.9 Å². The monoisotopic (exact) mass is 447 g/mol. The van der Waals surface area contributed by atoms with Crippen LogP contribution in [0, 0.1) is 6.92 Å². The number of benzene rings is 1. The highest BCUT2D eigenvalue weighted by Gasteiger charge is 2.28. The van der Waals surface area contributed by atoms with E-state index >= 15 is 0 Å². The lowest BCUT2D eigenvalue weighted by molar-refractivity contribution is -0.116. The topological polar surface area (TPSA) is 139 Å². The molecule has 1 aromatic carbocycles. The molecule has 1 saturated carbocycles. The van der Waals surface area contributed by atoms with Crippen LogP contribution >= 0.6 is 0 Å². The predicted octanol–water partition coefficient (Wildman–Crippen LogP) is 1.99. The Kier molecular flexibility index (Phi) is 7.08. The van der Waals surface area contributed by atoms with Crippen LogP contribution in [0.25, 0.3) is 0 Å². The molecule has 4 N–H and O–H groups in total. The van der Waals surface area contributed by atoms with E-state index in [-0.39, 0.29) is 35.5 Å². The second-order valence-electron chi connectivity index (χ2n) is 7.16. The molecule has 10 nitrogen and oxygen atoms in total. The molecule has 0 radical (unpaired) electrons. The van der Waals surface area contributed by atoms with Crippen LogP contribution in [0.15, 0.2) is 41.4 Å². The minimum atomic E-state index is -3.68. The van der Waals surface area contributed by atoms with Crippen LogP contribution in [0.2, 0.25) is 0 Å². The fraction of sp³-hybridized carbons (Fsp3) is 0.350. The average Bonchev–Trinajstić information content (AvgIpc) is 3.53. The Balaban J connectivity index is 1.53. The molecular weight excluding hydrogens is 422 g/mol. The molecule has 1 fully saturated rings. The summed E-state index contributed by atoms with van der Waals surface area (Å²) in [7, 11) is -2.26. The van der Waals surface area contributed by atoms with Crippen LogP contribution in [0.5, 0.6) is 5.75 Å². The van der Waals surface area contributed by atoms with Crippen molar-refractivity contribution in [1.29, 1.82) is 0 Å². The van der Waals surface area contributed by atoms with E-state index in [0.717, 1.165) is 18.4 Å². The van der Waals surface area contributed by atoms with Gasteiger partial charge in [-0.05, 0) is 49.6 Å². The number of ether oxygens (including phenoxy) is 1. The maximum Gasteiger partial charge on any atom is 0.319 e. The van der Waals surface area contributed by atoms with E-state index in [1.807, 2.05) is 13.0 Å². The molecule has 2 aromatic rings. The lowest BCUT2D eigenvalue weighted by Crippen LogP contribution is -2.32. The minimum absolute atomic E-state index is 0.0282. The average molecular weight is 448 g/mol. The van der Waals surface area contributed by atoms with Crippen LogP contribution < -0.4 is 25.4 Å². The zero-order valence-corrected chi connectivity index (χ0v) is 18.1. The van der Waals surface area contributed by atoms with E-state index in [0.29, 0.717) is 11.6 Å². The molecule has 3 rings (SSSR count). The molecule has 0 unspecified atom stereocenters. The molecular formula is C20H25N5O5S. The van der Waals surface area contributed by atoms with Gasteiger partial charge < -0.3 is 20.7 Å². The minimum Gasteiger partial charge on any atom is -0.495 e.